The summed E-state index contributed by atoms with van der Waals surface area (Å²) in [7, 11) is 1.65. The molecule has 3 rings (SSSR count). The van der Waals surface area contributed by atoms with Crippen LogP contribution >= 0.6 is 0 Å². The Morgan fingerprint density at radius 3 is 2.79 bits per heavy atom. The first-order chi connectivity index (χ1) is 11.5. The number of ether oxygens (including phenoxy) is 1. The summed E-state index contributed by atoms with van der Waals surface area (Å²) in [6, 6.07) is 9.49. The number of aryl methyl sites for hydroxylation is 2. The molecule has 2 aromatic heterocycles. The van der Waals surface area contributed by atoms with E-state index in [1.54, 1.807) is 11.8 Å². The van der Waals surface area contributed by atoms with Crippen molar-refractivity contribution in [2.45, 2.75) is 33.4 Å². The van der Waals surface area contributed by atoms with Crippen LogP contribution in [0.15, 0.2) is 30.3 Å². The fraction of sp³-hybridized carbons (Fsp3) is 0.333. The highest BCUT2D eigenvalue weighted by molar-refractivity contribution is 5.83. The molecule has 0 spiro atoms. The van der Waals surface area contributed by atoms with E-state index in [1.165, 1.54) is 0 Å². The molecule has 0 aliphatic rings. The van der Waals surface area contributed by atoms with Gasteiger partial charge in [-0.05, 0) is 51.1 Å². The van der Waals surface area contributed by atoms with E-state index in [-0.39, 0.29) is 11.9 Å². The normalized spacial score (nSPS) is 12.3. The Labute approximate surface area is 140 Å². The van der Waals surface area contributed by atoms with Gasteiger partial charge in [-0.2, -0.15) is 5.10 Å². The molecule has 0 bridgehead atoms. The number of carbonyl (C=O) groups is 1. The number of hydrogen-bond donors (Lipinski definition) is 2. The average molecular weight is 326 g/mol. The summed E-state index contributed by atoms with van der Waals surface area (Å²) < 4.78 is 6.98. The first kappa shape index (κ1) is 16.1. The summed E-state index contributed by atoms with van der Waals surface area (Å²) in [5.74, 6) is 0.757. The van der Waals surface area contributed by atoms with Crippen LogP contribution in [0.1, 0.15) is 30.0 Å². The number of benzene rings is 1. The van der Waals surface area contributed by atoms with Crippen LogP contribution in [0.4, 0.5) is 0 Å². The van der Waals surface area contributed by atoms with Gasteiger partial charge in [-0.25, -0.2) is 0 Å². The zero-order chi connectivity index (χ0) is 17.3. The van der Waals surface area contributed by atoms with Gasteiger partial charge in [0.05, 0.1) is 19.3 Å². The molecular formula is C18H22N4O2. The summed E-state index contributed by atoms with van der Waals surface area (Å²) in [6.45, 7) is 6.17. The molecule has 6 nitrogen and oxygen atoms in total. The van der Waals surface area contributed by atoms with Gasteiger partial charge in [-0.3, -0.25) is 9.48 Å². The topological polar surface area (TPSA) is 71.9 Å². The third-order valence-electron chi connectivity index (χ3n) is 4.13. The van der Waals surface area contributed by atoms with Crippen LogP contribution in [-0.2, 0) is 11.3 Å². The van der Waals surface area contributed by atoms with Crippen molar-refractivity contribution in [1.29, 1.82) is 0 Å². The maximum atomic E-state index is 12.4. The van der Waals surface area contributed by atoms with Gasteiger partial charge in [0.25, 0.3) is 0 Å². The van der Waals surface area contributed by atoms with Crippen LogP contribution in [0.2, 0.25) is 0 Å². The molecule has 2 N–H and O–H groups in total. The highest BCUT2D eigenvalue weighted by atomic mass is 16.5. The lowest BCUT2D eigenvalue weighted by atomic mass is 10.2. The summed E-state index contributed by atoms with van der Waals surface area (Å²) >= 11 is 0. The SMILES string of the molecule is COc1ccc2[nH]c(CNC(=O)[C@@H](C)n3nc(C)cc3C)cc2c1. The molecule has 24 heavy (non-hydrogen) atoms. The minimum absolute atomic E-state index is 0.0579. The van der Waals surface area contributed by atoms with Crippen LogP contribution in [0, 0.1) is 13.8 Å². The van der Waals surface area contributed by atoms with E-state index in [0.717, 1.165) is 33.7 Å². The van der Waals surface area contributed by atoms with E-state index < -0.39 is 0 Å². The lowest BCUT2D eigenvalue weighted by Crippen LogP contribution is -2.31. The van der Waals surface area contributed by atoms with Crippen molar-refractivity contribution in [3.05, 3.63) is 47.4 Å². The van der Waals surface area contributed by atoms with Crippen LogP contribution in [-0.4, -0.2) is 27.8 Å². The highest BCUT2D eigenvalue weighted by Crippen LogP contribution is 2.21. The molecule has 0 fully saturated rings. The smallest absolute Gasteiger partial charge is 0.244 e. The number of hydrogen-bond acceptors (Lipinski definition) is 3. The van der Waals surface area contributed by atoms with Crippen molar-refractivity contribution in [2.75, 3.05) is 7.11 Å². The van der Waals surface area contributed by atoms with E-state index in [2.05, 4.69) is 15.4 Å². The Balaban J connectivity index is 1.68. The molecule has 1 atom stereocenters. The average Bonchev–Trinajstić information content (AvgIpc) is 3.13. The lowest BCUT2D eigenvalue weighted by molar-refractivity contribution is -0.124. The first-order valence-electron chi connectivity index (χ1n) is 7.94. The number of rotatable bonds is 5. The molecule has 3 aromatic rings. The van der Waals surface area contributed by atoms with Gasteiger partial charge in [0.15, 0.2) is 0 Å². The predicted molar refractivity (Wildman–Crippen MR) is 93.1 cm³/mol. The van der Waals surface area contributed by atoms with E-state index in [1.807, 2.05) is 51.1 Å². The van der Waals surface area contributed by atoms with E-state index in [9.17, 15) is 4.79 Å². The molecule has 6 heteroatoms. The Morgan fingerprint density at radius 1 is 1.33 bits per heavy atom. The van der Waals surface area contributed by atoms with E-state index in [0.29, 0.717) is 6.54 Å². The van der Waals surface area contributed by atoms with Crippen molar-refractivity contribution < 1.29 is 9.53 Å². The molecule has 1 aromatic carbocycles. The first-order valence-corrected chi connectivity index (χ1v) is 7.94. The number of nitrogens with zero attached hydrogens (tertiary/aromatic N) is 2. The Hall–Kier alpha value is -2.76. The van der Waals surface area contributed by atoms with Gasteiger partial charge in [0.1, 0.15) is 11.8 Å². The van der Waals surface area contributed by atoms with Crippen molar-refractivity contribution in [1.82, 2.24) is 20.1 Å². The zero-order valence-corrected chi connectivity index (χ0v) is 14.4. The molecule has 0 radical (unpaired) electrons. The molecule has 126 valence electrons. The quantitative estimate of drug-likeness (QED) is 0.757. The monoisotopic (exact) mass is 326 g/mol. The van der Waals surface area contributed by atoms with Crippen molar-refractivity contribution in [3.63, 3.8) is 0 Å². The number of methoxy groups -OCH3 is 1. The third-order valence-corrected chi connectivity index (χ3v) is 4.13. The van der Waals surface area contributed by atoms with Gasteiger partial charge < -0.3 is 15.0 Å². The highest BCUT2D eigenvalue weighted by Gasteiger charge is 2.17. The van der Waals surface area contributed by atoms with E-state index in [4.69, 9.17) is 4.74 Å². The maximum absolute atomic E-state index is 12.4. The van der Waals surface area contributed by atoms with Crippen molar-refractivity contribution in [3.8, 4) is 5.75 Å². The van der Waals surface area contributed by atoms with Gasteiger partial charge in [0, 0.05) is 22.3 Å². The third kappa shape index (κ3) is 3.13. The largest absolute Gasteiger partial charge is 0.497 e. The fourth-order valence-electron chi connectivity index (χ4n) is 2.87. The number of fused-ring (bicyclic) bond motifs is 1. The molecule has 0 saturated carbocycles. The van der Waals surface area contributed by atoms with Crippen molar-refractivity contribution >= 4 is 16.8 Å². The number of H-pyrrole nitrogens is 1. The van der Waals surface area contributed by atoms with Gasteiger partial charge in [0.2, 0.25) is 5.91 Å². The minimum Gasteiger partial charge on any atom is -0.497 e. The zero-order valence-electron chi connectivity index (χ0n) is 14.4. The molecule has 2 heterocycles. The Morgan fingerprint density at radius 2 is 2.12 bits per heavy atom. The lowest BCUT2D eigenvalue weighted by Gasteiger charge is -2.14. The molecule has 0 aliphatic carbocycles. The maximum Gasteiger partial charge on any atom is 0.244 e. The number of carbonyl (C=O) groups excluding carboxylic acids is 1. The van der Waals surface area contributed by atoms with Crippen LogP contribution in [0.25, 0.3) is 10.9 Å². The second kappa shape index (κ2) is 6.39. The van der Waals surface area contributed by atoms with Crippen LogP contribution in [0.3, 0.4) is 0 Å². The standard InChI is InChI=1S/C18H22N4O2/c1-11-7-12(2)22(21-11)13(3)18(23)19-10-15-8-14-9-16(24-4)5-6-17(14)20-15/h5-9,13,20H,10H2,1-4H3,(H,19,23)/t13-/m1/s1. The molecule has 0 aliphatic heterocycles. The Bertz CT molecular complexity index is 878. The van der Waals surface area contributed by atoms with Crippen molar-refractivity contribution in [2.24, 2.45) is 0 Å². The van der Waals surface area contributed by atoms with Gasteiger partial charge >= 0.3 is 0 Å². The molecule has 0 unspecified atom stereocenters. The van der Waals surface area contributed by atoms with Gasteiger partial charge in [-0.15, -0.1) is 0 Å². The predicted octanol–water partition coefficient (Wildman–Crippen LogP) is 2.87. The number of nitrogens with one attached hydrogen (secondary N) is 2. The number of aromatic nitrogens is 3. The molecule has 1 amide bonds. The number of aromatic amines is 1. The fourth-order valence-corrected chi connectivity index (χ4v) is 2.87. The summed E-state index contributed by atoms with van der Waals surface area (Å²) in [6.07, 6.45) is 0. The van der Waals surface area contributed by atoms with E-state index >= 15 is 0 Å². The van der Waals surface area contributed by atoms with Crippen LogP contribution in [0.5, 0.6) is 5.75 Å². The van der Waals surface area contributed by atoms with Crippen LogP contribution < -0.4 is 10.1 Å². The summed E-state index contributed by atoms with van der Waals surface area (Å²) in [5.41, 5.74) is 3.86. The second-order valence-corrected chi connectivity index (χ2v) is 6.01. The van der Waals surface area contributed by atoms with Gasteiger partial charge in [-0.1, -0.05) is 0 Å². The minimum atomic E-state index is -0.344. The second-order valence-electron chi connectivity index (χ2n) is 6.01. The summed E-state index contributed by atoms with van der Waals surface area (Å²) in [4.78, 5) is 15.7. The molecular weight excluding hydrogens is 304 g/mol. The Kier molecular flexibility index (Phi) is 4.29. The number of amides is 1. The summed E-state index contributed by atoms with van der Waals surface area (Å²) in [5, 5.41) is 8.40. The molecule has 0 saturated heterocycles.